The number of benzene rings is 2. The summed E-state index contributed by atoms with van der Waals surface area (Å²) in [5, 5.41) is 2.89. The van der Waals surface area contributed by atoms with E-state index in [1.807, 2.05) is 20.8 Å². The number of nitrogens with one attached hydrogen (secondary N) is 1. The molecular weight excluding hydrogens is 401 g/mol. The van der Waals surface area contributed by atoms with Crippen LogP contribution in [-0.4, -0.2) is 35.3 Å². The maximum absolute atomic E-state index is 13.3. The van der Waals surface area contributed by atoms with Gasteiger partial charge in [0.15, 0.2) is 11.5 Å². The van der Waals surface area contributed by atoms with Gasteiger partial charge >= 0.3 is 0 Å². The van der Waals surface area contributed by atoms with Crippen LogP contribution >= 0.6 is 0 Å². The second-order valence-electron chi connectivity index (χ2n) is 6.61. The number of imidazole rings is 1. The van der Waals surface area contributed by atoms with Crippen molar-refractivity contribution in [1.29, 1.82) is 0 Å². The Morgan fingerprint density at radius 2 is 1.58 bits per heavy atom. The Morgan fingerprint density at radius 1 is 1.00 bits per heavy atom. The molecule has 0 aliphatic rings. The van der Waals surface area contributed by atoms with Gasteiger partial charge in [-0.15, -0.1) is 0 Å². The summed E-state index contributed by atoms with van der Waals surface area (Å²) >= 11 is 0. The number of anilines is 1. The van der Waals surface area contributed by atoms with Crippen molar-refractivity contribution in [2.75, 3.05) is 25.1 Å². The lowest BCUT2D eigenvalue weighted by molar-refractivity contribution is 0.102. The number of halogens is 1. The van der Waals surface area contributed by atoms with Crippen molar-refractivity contribution in [2.24, 2.45) is 7.05 Å². The lowest BCUT2D eigenvalue weighted by Crippen LogP contribution is -2.16. The SMILES string of the molecule is CCOc1cc(C(=O)Nc2c(-c3ccc(F)cc3)ncn2C)cc(OCC)c1OCC. The standard InChI is InChI=1S/C23H26FN3O4/c1-5-29-18-12-16(13-19(30-6-2)21(18)31-7-3)23(28)26-22-20(25-14-27(22)4)15-8-10-17(24)11-9-15/h8-14H,5-7H2,1-4H3,(H,26,28). The number of hydrogen-bond acceptors (Lipinski definition) is 5. The molecule has 1 aromatic heterocycles. The smallest absolute Gasteiger partial charge is 0.257 e. The quantitative estimate of drug-likeness (QED) is 0.537. The summed E-state index contributed by atoms with van der Waals surface area (Å²) in [6, 6.07) is 9.19. The van der Waals surface area contributed by atoms with Gasteiger partial charge in [-0.2, -0.15) is 0 Å². The monoisotopic (exact) mass is 427 g/mol. The van der Waals surface area contributed by atoms with Gasteiger partial charge in [0.25, 0.3) is 5.91 Å². The number of hydrogen-bond donors (Lipinski definition) is 1. The van der Waals surface area contributed by atoms with E-state index in [2.05, 4.69) is 10.3 Å². The van der Waals surface area contributed by atoms with Gasteiger partial charge in [0, 0.05) is 18.2 Å². The molecular formula is C23H26FN3O4. The van der Waals surface area contributed by atoms with Crippen molar-refractivity contribution in [1.82, 2.24) is 9.55 Å². The molecule has 2 aromatic carbocycles. The van der Waals surface area contributed by atoms with Gasteiger partial charge in [-0.25, -0.2) is 9.37 Å². The van der Waals surface area contributed by atoms with Gasteiger partial charge in [0.2, 0.25) is 5.75 Å². The highest BCUT2D eigenvalue weighted by atomic mass is 19.1. The summed E-state index contributed by atoms with van der Waals surface area (Å²) < 4.78 is 32.1. The van der Waals surface area contributed by atoms with Gasteiger partial charge in [-0.1, -0.05) is 0 Å². The van der Waals surface area contributed by atoms with E-state index in [-0.39, 0.29) is 11.7 Å². The summed E-state index contributed by atoms with van der Waals surface area (Å²) in [4.78, 5) is 17.5. The zero-order chi connectivity index (χ0) is 22.4. The second kappa shape index (κ2) is 9.97. The molecule has 1 amide bonds. The molecule has 0 saturated carbocycles. The Bertz CT molecular complexity index is 1020. The lowest BCUT2D eigenvalue weighted by atomic mass is 10.1. The number of ether oxygens (including phenoxy) is 3. The number of nitrogens with zero attached hydrogens (tertiary/aromatic N) is 2. The van der Waals surface area contributed by atoms with Crippen molar-refractivity contribution >= 4 is 11.7 Å². The molecule has 1 N–H and O–H groups in total. The molecule has 0 unspecified atom stereocenters. The Labute approximate surface area is 180 Å². The summed E-state index contributed by atoms with van der Waals surface area (Å²) in [7, 11) is 1.77. The van der Waals surface area contributed by atoms with Gasteiger partial charge in [-0.3, -0.25) is 4.79 Å². The lowest BCUT2D eigenvalue weighted by Gasteiger charge is -2.17. The van der Waals surface area contributed by atoms with Crippen molar-refractivity contribution in [3.05, 3.63) is 54.1 Å². The van der Waals surface area contributed by atoms with Crippen LogP contribution in [0.5, 0.6) is 17.2 Å². The molecule has 0 radical (unpaired) electrons. The fourth-order valence-electron chi connectivity index (χ4n) is 3.10. The van der Waals surface area contributed by atoms with E-state index in [4.69, 9.17) is 14.2 Å². The van der Waals surface area contributed by atoms with Crippen LogP contribution < -0.4 is 19.5 Å². The number of aromatic nitrogens is 2. The second-order valence-corrected chi connectivity index (χ2v) is 6.61. The van der Waals surface area contributed by atoms with Crippen LogP contribution in [0, 0.1) is 5.82 Å². The summed E-state index contributed by atoms with van der Waals surface area (Å²) in [5.74, 6) is 1.12. The summed E-state index contributed by atoms with van der Waals surface area (Å²) in [6.45, 7) is 6.83. The average Bonchev–Trinajstić information content (AvgIpc) is 3.11. The molecule has 8 heteroatoms. The Hall–Kier alpha value is -3.55. The molecule has 0 aliphatic heterocycles. The predicted molar refractivity (Wildman–Crippen MR) is 117 cm³/mol. The van der Waals surface area contributed by atoms with Crippen molar-refractivity contribution in [3.8, 4) is 28.5 Å². The zero-order valence-electron chi connectivity index (χ0n) is 18.1. The minimum absolute atomic E-state index is 0.341. The van der Waals surface area contributed by atoms with E-state index >= 15 is 0 Å². The van der Waals surface area contributed by atoms with Crippen molar-refractivity contribution < 1.29 is 23.4 Å². The molecule has 0 bridgehead atoms. The van der Waals surface area contributed by atoms with Crippen LogP contribution in [0.2, 0.25) is 0 Å². The van der Waals surface area contributed by atoms with Crippen LogP contribution in [0.15, 0.2) is 42.7 Å². The number of carbonyl (C=O) groups is 1. The van der Waals surface area contributed by atoms with Crippen LogP contribution in [0.1, 0.15) is 31.1 Å². The molecule has 7 nitrogen and oxygen atoms in total. The molecule has 0 fully saturated rings. The molecule has 0 saturated heterocycles. The van der Waals surface area contributed by atoms with Crippen LogP contribution in [-0.2, 0) is 7.05 Å². The maximum Gasteiger partial charge on any atom is 0.257 e. The van der Waals surface area contributed by atoms with E-state index in [0.29, 0.717) is 59.7 Å². The maximum atomic E-state index is 13.3. The first-order valence-corrected chi connectivity index (χ1v) is 10.1. The van der Waals surface area contributed by atoms with Crippen LogP contribution in [0.4, 0.5) is 10.2 Å². The van der Waals surface area contributed by atoms with Gasteiger partial charge < -0.3 is 24.1 Å². The molecule has 0 spiro atoms. The Balaban J connectivity index is 1.97. The highest BCUT2D eigenvalue weighted by Crippen LogP contribution is 2.39. The number of rotatable bonds is 9. The minimum Gasteiger partial charge on any atom is -0.490 e. The first kappa shape index (κ1) is 22.1. The predicted octanol–water partition coefficient (Wildman–Crippen LogP) is 4.67. The largest absolute Gasteiger partial charge is 0.490 e. The van der Waals surface area contributed by atoms with Gasteiger partial charge in [0.05, 0.1) is 26.1 Å². The zero-order valence-corrected chi connectivity index (χ0v) is 18.1. The van der Waals surface area contributed by atoms with E-state index in [0.717, 1.165) is 0 Å². The van der Waals surface area contributed by atoms with Crippen LogP contribution in [0.3, 0.4) is 0 Å². The van der Waals surface area contributed by atoms with E-state index in [1.54, 1.807) is 42.2 Å². The highest BCUT2D eigenvalue weighted by Gasteiger charge is 2.20. The molecule has 3 aromatic rings. The third-order valence-corrected chi connectivity index (χ3v) is 4.46. The molecule has 0 aliphatic carbocycles. The fraction of sp³-hybridized carbons (Fsp3) is 0.304. The van der Waals surface area contributed by atoms with Crippen molar-refractivity contribution in [3.63, 3.8) is 0 Å². The fourth-order valence-corrected chi connectivity index (χ4v) is 3.10. The average molecular weight is 427 g/mol. The minimum atomic E-state index is -0.364. The van der Waals surface area contributed by atoms with E-state index in [9.17, 15) is 9.18 Å². The number of amides is 1. The van der Waals surface area contributed by atoms with Gasteiger partial charge in [-0.05, 0) is 57.2 Å². The molecule has 164 valence electrons. The van der Waals surface area contributed by atoms with Crippen LogP contribution in [0.25, 0.3) is 11.3 Å². The van der Waals surface area contributed by atoms with E-state index in [1.165, 1.54) is 12.1 Å². The normalized spacial score (nSPS) is 10.6. The summed E-state index contributed by atoms with van der Waals surface area (Å²) in [5.41, 5.74) is 1.58. The van der Waals surface area contributed by atoms with Crippen molar-refractivity contribution in [2.45, 2.75) is 20.8 Å². The molecule has 31 heavy (non-hydrogen) atoms. The number of aryl methyl sites for hydroxylation is 1. The third-order valence-electron chi connectivity index (χ3n) is 4.46. The Morgan fingerprint density at radius 3 is 2.13 bits per heavy atom. The Kier molecular flexibility index (Phi) is 7.12. The first-order chi connectivity index (χ1) is 15.0. The topological polar surface area (TPSA) is 74.6 Å². The third kappa shape index (κ3) is 4.96. The van der Waals surface area contributed by atoms with E-state index < -0.39 is 0 Å². The highest BCUT2D eigenvalue weighted by molar-refractivity contribution is 6.06. The number of carbonyl (C=O) groups excluding carboxylic acids is 1. The first-order valence-electron chi connectivity index (χ1n) is 10.1. The molecule has 3 rings (SSSR count). The molecule has 0 atom stereocenters. The molecule has 1 heterocycles. The summed E-state index contributed by atoms with van der Waals surface area (Å²) in [6.07, 6.45) is 1.59. The van der Waals surface area contributed by atoms with Gasteiger partial charge in [0.1, 0.15) is 17.3 Å².